The molecule has 26 heavy (non-hydrogen) atoms. The SMILES string of the molecule is CCCC(O)(CCC)CNC(=NCc1nnc(C)n1C)NCCCSC. The van der Waals surface area contributed by atoms with Crippen molar-refractivity contribution in [2.45, 2.75) is 65.0 Å². The number of hydrogen-bond acceptors (Lipinski definition) is 5. The van der Waals surface area contributed by atoms with Crippen LogP contribution < -0.4 is 10.6 Å². The highest BCUT2D eigenvalue weighted by atomic mass is 32.2. The second-order valence-electron chi connectivity index (χ2n) is 6.74. The molecular weight excluding hydrogens is 348 g/mol. The van der Waals surface area contributed by atoms with Gasteiger partial charge in [-0.05, 0) is 38.2 Å². The van der Waals surface area contributed by atoms with E-state index in [1.165, 1.54) is 0 Å². The van der Waals surface area contributed by atoms with Crippen molar-refractivity contribution >= 4 is 17.7 Å². The molecule has 0 saturated heterocycles. The van der Waals surface area contributed by atoms with Gasteiger partial charge in [-0.25, -0.2) is 4.99 Å². The van der Waals surface area contributed by atoms with Gasteiger partial charge in [-0.3, -0.25) is 0 Å². The van der Waals surface area contributed by atoms with Crippen molar-refractivity contribution < 1.29 is 5.11 Å². The lowest BCUT2D eigenvalue weighted by molar-refractivity contribution is 0.0257. The first kappa shape index (κ1) is 22.8. The quantitative estimate of drug-likeness (QED) is 0.291. The topological polar surface area (TPSA) is 87.4 Å². The molecule has 0 bridgehead atoms. The highest BCUT2D eigenvalue weighted by Crippen LogP contribution is 2.18. The largest absolute Gasteiger partial charge is 0.388 e. The fraction of sp³-hybridized carbons (Fsp3) is 0.833. The van der Waals surface area contributed by atoms with E-state index in [1.54, 1.807) is 0 Å². The summed E-state index contributed by atoms with van der Waals surface area (Å²) in [4.78, 5) is 4.64. The molecule has 0 aliphatic heterocycles. The standard InChI is InChI=1S/C18H36N6OS/c1-6-9-18(25,10-7-2)14-21-17(19-11-8-12-26-5)20-13-16-23-22-15(3)24(16)4/h25H,6-14H2,1-5H3,(H2,19,20,21). The number of nitrogens with zero attached hydrogens (tertiary/aromatic N) is 4. The summed E-state index contributed by atoms with van der Waals surface area (Å²) in [5, 5.41) is 25.8. The van der Waals surface area contributed by atoms with E-state index in [1.807, 2.05) is 30.3 Å². The number of thioether (sulfide) groups is 1. The molecule has 0 aliphatic rings. The van der Waals surface area contributed by atoms with Crippen LogP contribution >= 0.6 is 11.8 Å². The normalized spacial score (nSPS) is 12.5. The van der Waals surface area contributed by atoms with Crippen LogP contribution in [-0.4, -0.2) is 56.5 Å². The van der Waals surface area contributed by atoms with Crippen molar-refractivity contribution in [3.8, 4) is 0 Å². The van der Waals surface area contributed by atoms with Crippen molar-refractivity contribution in [1.82, 2.24) is 25.4 Å². The number of aliphatic imine (C=N–C) groups is 1. The van der Waals surface area contributed by atoms with Crippen molar-refractivity contribution in [3.63, 3.8) is 0 Å². The predicted octanol–water partition coefficient (Wildman–Crippen LogP) is 2.24. The summed E-state index contributed by atoms with van der Waals surface area (Å²) in [5.41, 5.74) is -0.688. The average molecular weight is 385 g/mol. The number of hydrogen-bond donors (Lipinski definition) is 3. The Bertz CT molecular complexity index is 540. The van der Waals surface area contributed by atoms with Crippen LogP contribution in [0.1, 0.15) is 57.6 Å². The maximum Gasteiger partial charge on any atom is 0.191 e. The molecule has 150 valence electrons. The number of guanidine groups is 1. The van der Waals surface area contributed by atoms with Gasteiger partial charge in [0.15, 0.2) is 11.8 Å². The van der Waals surface area contributed by atoms with Gasteiger partial charge in [-0.1, -0.05) is 26.7 Å². The maximum atomic E-state index is 10.8. The molecule has 1 rings (SSSR count). The van der Waals surface area contributed by atoms with E-state index in [4.69, 9.17) is 0 Å². The highest BCUT2D eigenvalue weighted by Gasteiger charge is 2.25. The number of rotatable bonds is 12. The van der Waals surface area contributed by atoms with E-state index >= 15 is 0 Å². The van der Waals surface area contributed by atoms with Crippen LogP contribution in [0.4, 0.5) is 0 Å². The van der Waals surface area contributed by atoms with Gasteiger partial charge < -0.3 is 20.3 Å². The van der Waals surface area contributed by atoms with Gasteiger partial charge in [-0.2, -0.15) is 11.8 Å². The van der Waals surface area contributed by atoms with Gasteiger partial charge in [0.2, 0.25) is 0 Å². The molecule has 0 unspecified atom stereocenters. The molecule has 3 N–H and O–H groups in total. The van der Waals surface area contributed by atoms with E-state index in [0.29, 0.717) is 13.1 Å². The molecule has 0 aromatic carbocycles. The van der Waals surface area contributed by atoms with Gasteiger partial charge in [0.1, 0.15) is 12.4 Å². The van der Waals surface area contributed by atoms with E-state index in [0.717, 1.165) is 62.0 Å². The number of aryl methyl sites for hydroxylation is 1. The molecule has 1 aromatic rings. The van der Waals surface area contributed by atoms with Gasteiger partial charge in [0.25, 0.3) is 0 Å². The van der Waals surface area contributed by atoms with Crippen LogP contribution in [0.3, 0.4) is 0 Å². The molecule has 1 heterocycles. The molecule has 0 fully saturated rings. The molecule has 0 saturated carbocycles. The minimum Gasteiger partial charge on any atom is -0.388 e. The van der Waals surface area contributed by atoms with Crippen molar-refractivity contribution in [2.75, 3.05) is 25.1 Å². The first-order valence-corrected chi connectivity index (χ1v) is 10.9. The average Bonchev–Trinajstić information content (AvgIpc) is 2.92. The van der Waals surface area contributed by atoms with Crippen LogP contribution in [0.5, 0.6) is 0 Å². The second kappa shape index (κ2) is 12.2. The second-order valence-corrected chi connectivity index (χ2v) is 7.72. The van der Waals surface area contributed by atoms with Crippen LogP contribution in [0.25, 0.3) is 0 Å². The zero-order valence-electron chi connectivity index (χ0n) is 17.0. The van der Waals surface area contributed by atoms with Crippen LogP contribution in [0, 0.1) is 6.92 Å². The Morgan fingerprint density at radius 2 is 1.92 bits per heavy atom. The lowest BCUT2D eigenvalue weighted by Crippen LogP contribution is -2.47. The van der Waals surface area contributed by atoms with Gasteiger partial charge in [0.05, 0.1) is 5.60 Å². The number of nitrogens with one attached hydrogen (secondary N) is 2. The summed E-state index contributed by atoms with van der Waals surface area (Å²) in [6.07, 6.45) is 6.68. The number of aromatic nitrogens is 3. The van der Waals surface area contributed by atoms with Crippen LogP contribution in [-0.2, 0) is 13.6 Å². The first-order chi connectivity index (χ1) is 12.5. The lowest BCUT2D eigenvalue weighted by Gasteiger charge is -2.28. The minimum absolute atomic E-state index is 0.454. The molecule has 7 nitrogen and oxygen atoms in total. The van der Waals surface area contributed by atoms with Gasteiger partial charge in [0, 0.05) is 20.1 Å². The van der Waals surface area contributed by atoms with E-state index in [9.17, 15) is 5.11 Å². The Morgan fingerprint density at radius 1 is 1.23 bits per heavy atom. The fourth-order valence-corrected chi connectivity index (χ4v) is 3.25. The maximum absolute atomic E-state index is 10.8. The Balaban J connectivity index is 2.73. The summed E-state index contributed by atoms with van der Waals surface area (Å²) in [6.45, 7) is 7.94. The summed E-state index contributed by atoms with van der Waals surface area (Å²) in [5.74, 6) is 3.53. The Hall–Kier alpha value is -1.28. The molecule has 0 spiro atoms. The summed E-state index contributed by atoms with van der Waals surface area (Å²) < 4.78 is 1.94. The van der Waals surface area contributed by atoms with Gasteiger partial charge >= 0.3 is 0 Å². The molecule has 0 radical (unpaired) electrons. The zero-order valence-corrected chi connectivity index (χ0v) is 17.8. The van der Waals surface area contributed by atoms with Gasteiger partial charge in [-0.15, -0.1) is 10.2 Å². The third-order valence-corrected chi connectivity index (χ3v) is 5.09. The molecule has 0 aliphatic carbocycles. The molecule has 8 heteroatoms. The Morgan fingerprint density at radius 3 is 2.46 bits per heavy atom. The van der Waals surface area contributed by atoms with Crippen molar-refractivity contribution in [3.05, 3.63) is 11.6 Å². The van der Waals surface area contributed by atoms with Crippen LogP contribution in [0.2, 0.25) is 0 Å². The molecule has 0 amide bonds. The first-order valence-electron chi connectivity index (χ1n) is 9.54. The highest BCUT2D eigenvalue weighted by molar-refractivity contribution is 7.98. The zero-order chi connectivity index (χ0) is 19.4. The lowest BCUT2D eigenvalue weighted by atomic mass is 9.93. The fourth-order valence-electron chi connectivity index (χ4n) is 2.82. The van der Waals surface area contributed by atoms with E-state index < -0.39 is 5.60 Å². The van der Waals surface area contributed by atoms with E-state index in [-0.39, 0.29) is 0 Å². The monoisotopic (exact) mass is 384 g/mol. The minimum atomic E-state index is -0.688. The molecule has 1 aromatic heterocycles. The predicted molar refractivity (Wildman–Crippen MR) is 111 cm³/mol. The number of aliphatic hydroxyl groups is 1. The van der Waals surface area contributed by atoms with Crippen LogP contribution in [0.15, 0.2) is 4.99 Å². The third-order valence-electron chi connectivity index (χ3n) is 4.39. The van der Waals surface area contributed by atoms with Crippen molar-refractivity contribution in [2.24, 2.45) is 12.0 Å². The summed E-state index contributed by atoms with van der Waals surface area (Å²) >= 11 is 1.84. The third kappa shape index (κ3) is 7.95. The Kier molecular flexibility index (Phi) is 10.7. The van der Waals surface area contributed by atoms with Crippen molar-refractivity contribution in [1.29, 1.82) is 0 Å². The summed E-state index contributed by atoms with van der Waals surface area (Å²) in [7, 11) is 1.94. The molecular formula is C18H36N6OS. The molecule has 0 atom stereocenters. The summed E-state index contributed by atoms with van der Waals surface area (Å²) in [6, 6.07) is 0. The smallest absolute Gasteiger partial charge is 0.191 e. The Labute approximate surface area is 162 Å². The van der Waals surface area contributed by atoms with E-state index in [2.05, 4.69) is 45.9 Å².